The molecule has 0 saturated carbocycles. The van der Waals surface area contributed by atoms with Crippen molar-refractivity contribution < 1.29 is 9.59 Å². The van der Waals surface area contributed by atoms with Crippen molar-refractivity contribution in [2.45, 2.75) is 13.3 Å². The lowest BCUT2D eigenvalue weighted by Crippen LogP contribution is -2.41. The van der Waals surface area contributed by atoms with E-state index in [1.807, 2.05) is 11.8 Å². The van der Waals surface area contributed by atoms with Gasteiger partial charge >= 0.3 is 0 Å². The summed E-state index contributed by atoms with van der Waals surface area (Å²) in [6.45, 7) is 3.13. The van der Waals surface area contributed by atoms with Crippen LogP contribution in [0.2, 0.25) is 5.02 Å². The van der Waals surface area contributed by atoms with E-state index in [0.29, 0.717) is 17.3 Å². The van der Waals surface area contributed by atoms with Crippen LogP contribution in [0.3, 0.4) is 0 Å². The molecule has 2 amide bonds. The van der Waals surface area contributed by atoms with Crippen molar-refractivity contribution in [3.05, 3.63) is 29.3 Å². The molecule has 21 heavy (non-hydrogen) atoms. The van der Waals surface area contributed by atoms with E-state index in [9.17, 15) is 9.59 Å². The van der Waals surface area contributed by atoms with Crippen molar-refractivity contribution in [3.8, 4) is 0 Å². The molecule has 0 radical (unpaired) electrons. The molecule has 0 bridgehead atoms. The van der Waals surface area contributed by atoms with Crippen LogP contribution in [0, 0.1) is 0 Å². The highest BCUT2D eigenvalue weighted by Crippen LogP contribution is 2.14. The Kier molecular flexibility index (Phi) is 7.19. The third-order valence-electron chi connectivity index (χ3n) is 2.87. The largest absolute Gasteiger partial charge is 0.348 e. The zero-order valence-corrected chi connectivity index (χ0v) is 13.5. The van der Waals surface area contributed by atoms with E-state index in [2.05, 4.69) is 5.32 Å². The molecule has 1 N–H and O–H groups in total. The number of rotatable bonds is 7. The van der Waals surface area contributed by atoms with E-state index in [1.165, 1.54) is 4.90 Å². The van der Waals surface area contributed by atoms with Gasteiger partial charge in [-0.05, 0) is 31.2 Å². The van der Waals surface area contributed by atoms with Gasteiger partial charge in [0.1, 0.15) is 0 Å². The topological polar surface area (TPSA) is 52.7 Å². The SMILES string of the molecule is CCCN(CC(=O)Nc1cccc(Cl)c1)CC(=O)N(C)C. The quantitative estimate of drug-likeness (QED) is 0.839. The molecule has 5 nitrogen and oxygen atoms in total. The van der Waals surface area contributed by atoms with Gasteiger partial charge in [0.25, 0.3) is 0 Å². The summed E-state index contributed by atoms with van der Waals surface area (Å²) in [6, 6.07) is 6.99. The van der Waals surface area contributed by atoms with Crippen molar-refractivity contribution in [1.29, 1.82) is 0 Å². The highest BCUT2D eigenvalue weighted by molar-refractivity contribution is 6.30. The lowest BCUT2D eigenvalue weighted by Gasteiger charge is -2.22. The van der Waals surface area contributed by atoms with Crippen LogP contribution >= 0.6 is 11.6 Å². The summed E-state index contributed by atoms with van der Waals surface area (Å²) >= 11 is 5.88. The number of nitrogens with one attached hydrogen (secondary N) is 1. The van der Waals surface area contributed by atoms with E-state index in [-0.39, 0.29) is 24.9 Å². The predicted octanol–water partition coefficient (Wildman–Crippen LogP) is 2.08. The van der Waals surface area contributed by atoms with Crippen molar-refractivity contribution in [3.63, 3.8) is 0 Å². The summed E-state index contributed by atoms with van der Waals surface area (Å²) in [5, 5.41) is 3.35. The molecule has 1 aromatic rings. The Morgan fingerprint density at radius 1 is 1.24 bits per heavy atom. The standard InChI is InChI=1S/C15H22ClN3O2/c1-4-8-19(11-15(21)18(2)3)10-14(20)17-13-7-5-6-12(16)9-13/h5-7,9H,4,8,10-11H2,1-3H3,(H,17,20). The van der Waals surface area contributed by atoms with Gasteiger partial charge in [0.2, 0.25) is 11.8 Å². The lowest BCUT2D eigenvalue weighted by molar-refractivity contribution is -0.130. The monoisotopic (exact) mass is 311 g/mol. The molecule has 0 unspecified atom stereocenters. The maximum atomic E-state index is 12.0. The molecule has 0 aliphatic rings. The van der Waals surface area contributed by atoms with E-state index in [0.717, 1.165) is 6.42 Å². The number of hydrogen-bond donors (Lipinski definition) is 1. The second-order valence-electron chi connectivity index (χ2n) is 5.06. The molecule has 0 atom stereocenters. The van der Waals surface area contributed by atoms with Crippen LogP contribution in [0.1, 0.15) is 13.3 Å². The number of carbonyl (C=O) groups excluding carboxylic acids is 2. The van der Waals surface area contributed by atoms with E-state index >= 15 is 0 Å². The first kappa shape index (κ1) is 17.5. The zero-order chi connectivity index (χ0) is 15.8. The molecule has 0 heterocycles. The van der Waals surface area contributed by atoms with Gasteiger partial charge in [-0.1, -0.05) is 24.6 Å². The molecule has 0 aromatic heterocycles. The Hall–Kier alpha value is -1.59. The summed E-state index contributed by atoms with van der Waals surface area (Å²) in [5.41, 5.74) is 0.655. The molecular formula is C15H22ClN3O2. The minimum absolute atomic E-state index is 0.0148. The summed E-state index contributed by atoms with van der Waals surface area (Å²) in [6.07, 6.45) is 0.880. The Morgan fingerprint density at radius 2 is 1.95 bits per heavy atom. The van der Waals surface area contributed by atoms with Gasteiger partial charge in [0.05, 0.1) is 13.1 Å². The summed E-state index contributed by atoms with van der Waals surface area (Å²) < 4.78 is 0. The number of carbonyl (C=O) groups is 2. The van der Waals surface area contributed by atoms with Crippen molar-refractivity contribution in [2.75, 3.05) is 39.0 Å². The molecule has 116 valence electrons. The van der Waals surface area contributed by atoms with E-state index in [4.69, 9.17) is 11.6 Å². The Labute approximate surface area is 130 Å². The van der Waals surface area contributed by atoms with Gasteiger partial charge in [-0.2, -0.15) is 0 Å². The molecule has 6 heteroatoms. The van der Waals surface area contributed by atoms with Crippen molar-refractivity contribution in [1.82, 2.24) is 9.80 Å². The number of amides is 2. The number of halogens is 1. The Balaban J connectivity index is 2.57. The van der Waals surface area contributed by atoms with Crippen molar-refractivity contribution in [2.24, 2.45) is 0 Å². The molecule has 0 spiro atoms. The first-order valence-corrected chi connectivity index (χ1v) is 7.28. The van der Waals surface area contributed by atoms with Crippen LogP contribution in [0.25, 0.3) is 0 Å². The average Bonchev–Trinajstić information content (AvgIpc) is 2.38. The number of hydrogen-bond acceptors (Lipinski definition) is 3. The molecule has 0 aliphatic carbocycles. The van der Waals surface area contributed by atoms with Gasteiger partial charge in [-0.25, -0.2) is 0 Å². The zero-order valence-electron chi connectivity index (χ0n) is 12.7. The highest BCUT2D eigenvalue weighted by Gasteiger charge is 2.15. The number of likely N-dealkylation sites (N-methyl/N-ethyl adjacent to an activating group) is 1. The van der Waals surface area contributed by atoms with Crippen LogP contribution in [-0.2, 0) is 9.59 Å². The van der Waals surface area contributed by atoms with Crippen LogP contribution in [0.15, 0.2) is 24.3 Å². The molecular weight excluding hydrogens is 290 g/mol. The lowest BCUT2D eigenvalue weighted by atomic mass is 10.3. The normalized spacial score (nSPS) is 10.5. The van der Waals surface area contributed by atoms with Gasteiger partial charge in [-0.15, -0.1) is 0 Å². The van der Waals surface area contributed by atoms with Crippen LogP contribution < -0.4 is 5.32 Å². The van der Waals surface area contributed by atoms with Gasteiger partial charge < -0.3 is 10.2 Å². The van der Waals surface area contributed by atoms with Gasteiger partial charge in [-0.3, -0.25) is 14.5 Å². The van der Waals surface area contributed by atoms with Crippen LogP contribution in [0.4, 0.5) is 5.69 Å². The Bertz CT molecular complexity index is 492. The molecule has 0 saturated heterocycles. The molecule has 1 rings (SSSR count). The predicted molar refractivity (Wildman–Crippen MR) is 85.5 cm³/mol. The highest BCUT2D eigenvalue weighted by atomic mass is 35.5. The molecule has 0 aliphatic heterocycles. The average molecular weight is 312 g/mol. The second kappa shape index (κ2) is 8.64. The fourth-order valence-electron chi connectivity index (χ4n) is 1.83. The molecule has 1 aromatic carbocycles. The van der Waals surface area contributed by atoms with Crippen LogP contribution in [0.5, 0.6) is 0 Å². The number of benzene rings is 1. The maximum Gasteiger partial charge on any atom is 0.238 e. The first-order valence-electron chi connectivity index (χ1n) is 6.90. The third kappa shape index (κ3) is 6.60. The first-order chi connectivity index (χ1) is 9.92. The molecule has 0 fully saturated rings. The fraction of sp³-hybridized carbons (Fsp3) is 0.467. The van der Waals surface area contributed by atoms with Gasteiger partial charge in [0.15, 0.2) is 0 Å². The van der Waals surface area contributed by atoms with Gasteiger partial charge in [0, 0.05) is 24.8 Å². The summed E-state index contributed by atoms with van der Waals surface area (Å²) in [7, 11) is 3.41. The van der Waals surface area contributed by atoms with Crippen molar-refractivity contribution >= 4 is 29.1 Å². The minimum atomic E-state index is -0.155. The fourth-order valence-corrected chi connectivity index (χ4v) is 2.02. The van der Waals surface area contributed by atoms with E-state index in [1.54, 1.807) is 38.4 Å². The smallest absolute Gasteiger partial charge is 0.238 e. The minimum Gasteiger partial charge on any atom is -0.348 e. The second-order valence-corrected chi connectivity index (χ2v) is 5.49. The summed E-state index contributed by atoms with van der Waals surface area (Å²) in [4.78, 5) is 27.1. The van der Waals surface area contributed by atoms with E-state index < -0.39 is 0 Å². The third-order valence-corrected chi connectivity index (χ3v) is 3.11. The Morgan fingerprint density at radius 3 is 2.52 bits per heavy atom. The summed E-state index contributed by atoms with van der Waals surface area (Å²) in [5.74, 6) is -0.170. The number of anilines is 1. The number of nitrogens with zero attached hydrogens (tertiary/aromatic N) is 2. The maximum absolute atomic E-state index is 12.0. The van der Waals surface area contributed by atoms with Crippen LogP contribution in [-0.4, -0.2) is 55.3 Å².